The number of hydrogen-bond acceptors (Lipinski definition) is 4. The van der Waals surface area contributed by atoms with Gasteiger partial charge in [-0.1, -0.05) is 15.9 Å². The predicted molar refractivity (Wildman–Crippen MR) is 104 cm³/mol. The number of aliphatic hydroxyl groups excluding tert-OH is 1. The summed E-state index contributed by atoms with van der Waals surface area (Å²) in [5.41, 5.74) is 0.839. The number of likely N-dealkylation sites (tertiary alicyclic amines) is 1. The summed E-state index contributed by atoms with van der Waals surface area (Å²) >= 11 is 3.32. The predicted octanol–water partition coefficient (Wildman–Crippen LogP) is 2.38. The molecule has 2 N–H and O–H groups in total. The van der Waals surface area contributed by atoms with Crippen molar-refractivity contribution in [2.45, 2.75) is 38.1 Å². The van der Waals surface area contributed by atoms with Gasteiger partial charge in [-0.05, 0) is 50.3 Å². The molecule has 0 radical (unpaired) electrons. The van der Waals surface area contributed by atoms with Crippen molar-refractivity contribution >= 4 is 33.8 Å². The van der Waals surface area contributed by atoms with Crippen LogP contribution < -0.4 is 5.32 Å². The fourth-order valence-corrected chi connectivity index (χ4v) is 4.08. The highest BCUT2D eigenvalue weighted by Crippen LogP contribution is 2.26. The summed E-state index contributed by atoms with van der Waals surface area (Å²) < 4.78 is 0.760. The Balaban J connectivity index is 1.48. The molecule has 1 aromatic rings. The number of fused-ring (bicyclic) bond motifs is 1. The molecule has 4 amide bonds. The van der Waals surface area contributed by atoms with Crippen molar-refractivity contribution in [1.29, 1.82) is 0 Å². The summed E-state index contributed by atoms with van der Waals surface area (Å²) in [5.74, 6) is -0.575. The zero-order chi connectivity index (χ0) is 19.4. The van der Waals surface area contributed by atoms with E-state index in [2.05, 4.69) is 21.2 Å². The molecule has 3 rings (SSSR count). The third-order valence-corrected chi connectivity index (χ3v) is 5.61. The van der Waals surface area contributed by atoms with E-state index in [0.29, 0.717) is 37.1 Å². The summed E-state index contributed by atoms with van der Waals surface area (Å²) in [4.78, 5) is 40.2. The number of nitrogens with zero attached hydrogens (tertiary/aromatic N) is 2. The second-order valence-corrected chi connectivity index (χ2v) is 7.81. The van der Waals surface area contributed by atoms with Gasteiger partial charge in [0, 0.05) is 36.8 Å². The van der Waals surface area contributed by atoms with Crippen molar-refractivity contribution in [3.63, 3.8) is 0 Å². The first-order valence-corrected chi connectivity index (χ1v) is 10.1. The first kappa shape index (κ1) is 19.8. The van der Waals surface area contributed by atoms with E-state index in [1.54, 1.807) is 23.1 Å². The summed E-state index contributed by atoms with van der Waals surface area (Å²) in [7, 11) is 0. The number of rotatable bonds is 6. The second-order valence-electron chi connectivity index (χ2n) is 6.89. The highest BCUT2D eigenvalue weighted by atomic mass is 79.9. The number of imide groups is 1. The van der Waals surface area contributed by atoms with E-state index in [4.69, 9.17) is 5.11 Å². The van der Waals surface area contributed by atoms with Crippen LogP contribution in [-0.4, -0.2) is 65.0 Å². The van der Waals surface area contributed by atoms with Crippen molar-refractivity contribution in [1.82, 2.24) is 15.1 Å². The Morgan fingerprint density at radius 1 is 1.22 bits per heavy atom. The van der Waals surface area contributed by atoms with Crippen LogP contribution in [0.3, 0.4) is 0 Å². The number of carbonyl (C=O) groups excluding carboxylic acids is 3. The molecule has 0 bridgehead atoms. The van der Waals surface area contributed by atoms with Crippen LogP contribution in [0.5, 0.6) is 0 Å². The van der Waals surface area contributed by atoms with Crippen LogP contribution in [0.15, 0.2) is 22.7 Å². The van der Waals surface area contributed by atoms with E-state index in [-0.39, 0.29) is 37.0 Å². The van der Waals surface area contributed by atoms with Gasteiger partial charge < -0.3 is 15.3 Å². The molecule has 146 valence electrons. The van der Waals surface area contributed by atoms with Gasteiger partial charge in [0.05, 0.1) is 11.1 Å². The van der Waals surface area contributed by atoms with Crippen LogP contribution in [0.1, 0.15) is 52.8 Å². The van der Waals surface area contributed by atoms with Gasteiger partial charge in [-0.2, -0.15) is 0 Å². The lowest BCUT2D eigenvalue weighted by Gasteiger charge is -2.35. The number of hydrogen-bond donors (Lipinski definition) is 2. The van der Waals surface area contributed by atoms with E-state index < -0.39 is 0 Å². The molecular formula is C19H24BrN3O4. The smallest absolute Gasteiger partial charge is 0.317 e. The number of halogens is 1. The molecule has 2 heterocycles. The maximum atomic E-state index is 12.4. The standard InChI is InChI=1S/C19H24BrN3O4/c20-13-5-6-15-16(12-13)18(26)23(17(15)25)10-3-8-21-19(27)22-9-2-1-4-14(22)7-11-24/h5-6,12,14,24H,1-4,7-11H2,(H,21,27). The van der Waals surface area contributed by atoms with Gasteiger partial charge in [-0.3, -0.25) is 14.5 Å². The monoisotopic (exact) mass is 437 g/mol. The summed E-state index contributed by atoms with van der Waals surface area (Å²) in [5, 5.41) is 12.0. The fraction of sp³-hybridized carbons (Fsp3) is 0.526. The van der Waals surface area contributed by atoms with Gasteiger partial charge >= 0.3 is 6.03 Å². The first-order chi connectivity index (χ1) is 13.0. The molecule has 0 aromatic heterocycles. The normalized spacial score (nSPS) is 19.4. The van der Waals surface area contributed by atoms with Crippen LogP contribution >= 0.6 is 15.9 Å². The average molecular weight is 438 g/mol. The van der Waals surface area contributed by atoms with Crippen molar-refractivity contribution in [2.24, 2.45) is 0 Å². The molecule has 0 saturated carbocycles. The molecule has 8 heteroatoms. The minimum atomic E-state index is -0.290. The molecule has 1 saturated heterocycles. The van der Waals surface area contributed by atoms with Crippen molar-refractivity contribution in [3.8, 4) is 0 Å². The molecule has 1 atom stereocenters. The van der Waals surface area contributed by atoms with Gasteiger partial charge in [0.15, 0.2) is 0 Å². The van der Waals surface area contributed by atoms with Crippen LogP contribution in [0, 0.1) is 0 Å². The first-order valence-electron chi connectivity index (χ1n) is 9.34. The van der Waals surface area contributed by atoms with Gasteiger partial charge in [0.1, 0.15) is 0 Å². The van der Waals surface area contributed by atoms with Gasteiger partial charge in [-0.25, -0.2) is 4.79 Å². The Kier molecular flexibility index (Phi) is 6.49. The van der Waals surface area contributed by atoms with Crippen LogP contribution in [0.25, 0.3) is 0 Å². The fourth-order valence-electron chi connectivity index (χ4n) is 3.72. The third-order valence-electron chi connectivity index (χ3n) is 5.12. The molecule has 27 heavy (non-hydrogen) atoms. The Morgan fingerprint density at radius 2 is 2.00 bits per heavy atom. The SMILES string of the molecule is O=C1c2ccc(Br)cc2C(=O)N1CCCNC(=O)N1CCCCC1CCO. The van der Waals surface area contributed by atoms with Crippen molar-refractivity contribution < 1.29 is 19.5 Å². The molecule has 2 aliphatic rings. The van der Waals surface area contributed by atoms with Gasteiger partial charge in [-0.15, -0.1) is 0 Å². The molecule has 0 aliphatic carbocycles. The lowest BCUT2D eigenvalue weighted by molar-refractivity contribution is 0.0653. The van der Waals surface area contributed by atoms with Crippen LogP contribution in [0.4, 0.5) is 4.79 Å². The second kappa shape index (κ2) is 8.84. The van der Waals surface area contributed by atoms with E-state index in [1.165, 1.54) is 4.90 Å². The molecule has 2 aliphatic heterocycles. The minimum absolute atomic E-state index is 0.0737. The Morgan fingerprint density at radius 3 is 2.78 bits per heavy atom. The number of aliphatic hydroxyl groups is 1. The number of piperidine rings is 1. The summed E-state index contributed by atoms with van der Waals surface area (Å²) in [6, 6.07) is 5.00. The van der Waals surface area contributed by atoms with Crippen molar-refractivity contribution in [2.75, 3.05) is 26.2 Å². The maximum Gasteiger partial charge on any atom is 0.317 e. The van der Waals surface area contributed by atoms with E-state index >= 15 is 0 Å². The Hall–Kier alpha value is -1.93. The number of benzene rings is 1. The number of amides is 4. The quantitative estimate of drug-likeness (QED) is 0.527. The Labute approximate surface area is 166 Å². The molecular weight excluding hydrogens is 414 g/mol. The summed E-state index contributed by atoms with van der Waals surface area (Å²) in [6.45, 7) is 1.43. The van der Waals surface area contributed by atoms with E-state index in [9.17, 15) is 14.4 Å². The summed E-state index contributed by atoms with van der Waals surface area (Å²) in [6.07, 6.45) is 4.05. The number of urea groups is 1. The number of nitrogens with one attached hydrogen (secondary N) is 1. The zero-order valence-electron chi connectivity index (χ0n) is 15.1. The topological polar surface area (TPSA) is 90.0 Å². The number of carbonyl (C=O) groups is 3. The third kappa shape index (κ3) is 4.32. The largest absolute Gasteiger partial charge is 0.396 e. The highest BCUT2D eigenvalue weighted by molar-refractivity contribution is 9.10. The van der Waals surface area contributed by atoms with E-state index in [1.807, 2.05) is 0 Å². The molecule has 1 unspecified atom stereocenters. The molecule has 7 nitrogen and oxygen atoms in total. The van der Waals surface area contributed by atoms with Crippen LogP contribution in [0.2, 0.25) is 0 Å². The highest BCUT2D eigenvalue weighted by Gasteiger charge is 2.35. The van der Waals surface area contributed by atoms with Crippen LogP contribution in [-0.2, 0) is 0 Å². The molecule has 0 spiro atoms. The maximum absolute atomic E-state index is 12.4. The lowest BCUT2D eigenvalue weighted by Crippen LogP contribution is -2.49. The van der Waals surface area contributed by atoms with Crippen molar-refractivity contribution in [3.05, 3.63) is 33.8 Å². The van der Waals surface area contributed by atoms with Gasteiger partial charge in [0.2, 0.25) is 0 Å². The lowest BCUT2D eigenvalue weighted by atomic mass is 10.0. The Bertz CT molecular complexity index is 738. The average Bonchev–Trinajstić information content (AvgIpc) is 2.89. The molecule has 1 fully saturated rings. The molecule has 1 aromatic carbocycles. The van der Waals surface area contributed by atoms with Gasteiger partial charge in [0.25, 0.3) is 11.8 Å². The zero-order valence-corrected chi connectivity index (χ0v) is 16.7. The van der Waals surface area contributed by atoms with E-state index in [0.717, 1.165) is 23.7 Å². The minimum Gasteiger partial charge on any atom is -0.396 e.